The van der Waals surface area contributed by atoms with Crippen LogP contribution in [0, 0.1) is 12.8 Å². The quantitative estimate of drug-likeness (QED) is 0.692. The van der Waals surface area contributed by atoms with Gasteiger partial charge >= 0.3 is 0 Å². The van der Waals surface area contributed by atoms with Gasteiger partial charge in [-0.1, -0.05) is 29.8 Å². The number of hydrogen-bond donors (Lipinski definition) is 1. The SMILES string of the molecule is Cc1ccc(-c2ccc(N3CCCC(C(=O)Nc4ccc5c(c4)OCO5)C3)nn2)cc1. The molecule has 2 aliphatic rings. The summed E-state index contributed by atoms with van der Waals surface area (Å²) < 4.78 is 10.7. The highest BCUT2D eigenvalue weighted by molar-refractivity contribution is 5.93. The van der Waals surface area contributed by atoms with Gasteiger partial charge in [-0.25, -0.2) is 0 Å². The molecule has 1 aromatic heterocycles. The minimum absolute atomic E-state index is 0.00722. The number of piperidine rings is 1. The first kappa shape index (κ1) is 19.4. The third-order valence-corrected chi connectivity index (χ3v) is 5.75. The highest BCUT2D eigenvalue weighted by Crippen LogP contribution is 2.34. The molecule has 2 aromatic carbocycles. The molecule has 0 radical (unpaired) electrons. The minimum atomic E-state index is -0.113. The van der Waals surface area contributed by atoms with Crippen molar-refractivity contribution in [3.63, 3.8) is 0 Å². The molecule has 0 saturated carbocycles. The summed E-state index contributed by atoms with van der Waals surface area (Å²) in [4.78, 5) is 15.0. The Balaban J connectivity index is 1.24. The van der Waals surface area contributed by atoms with Crippen LogP contribution in [-0.2, 0) is 4.79 Å². The Morgan fingerprint density at radius 2 is 1.87 bits per heavy atom. The first-order chi connectivity index (χ1) is 15.2. The van der Waals surface area contributed by atoms with E-state index in [9.17, 15) is 4.79 Å². The molecule has 1 saturated heterocycles. The van der Waals surface area contributed by atoms with Crippen LogP contribution in [0.5, 0.6) is 11.5 Å². The molecule has 5 rings (SSSR count). The van der Waals surface area contributed by atoms with E-state index in [1.54, 1.807) is 6.07 Å². The molecule has 0 bridgehead atoms. The average molecular weight is 416 g/mol. The van der Waals surface area contributed by atoms with Crippen LogP contribution in [0.3, 0.4) is 0 Å². The Morgan fingerprint density at radius 3 is 2.68 bits per heavy atom. The molecule has 3 aromatic rings. The number of ether oxygens (including phenoxy) is 2. The molecule has 1 N–H and O–H groups in total. The van der Waals surface area contributed by atoms with Crippen LogP contribution in [0.2, 0.25) is 0 Å². The third-order valence-electron chi connectivity index (χ3n) is 5.75. The lowest BCUT2D eigenvalue weighted by Crippen LogP contribution is -2.41. The number of rotatable bonds is 4. The second-order valence-corrected chi connectivity index (χ2v) is 7.99. The van der Waals surface area contributed by atoms with Gasteiger partial charge in [0.2, 0.25) is 12.7 Å². The van der Waals surface area contributed by atoms with E-state index in [0.717, 1.165) is 36.5 Å². The molecule has 1 amide bonds. The molecule has 7 nitrogen and oxygen atoms in total. The van der Waals surface area contributed by atoms with Crippen molar-refractivity contribution in [2.75, 3.05) is 30.1 Å². The van der Waals surface area contributed by atoms with Crippen molar-refractivity contribution >= 4 is 17.4 Å². The number of benzene rings is 2. The molecular weight excluding hydrogens is 392 g/mol. The zero-order chi connectivity index (χ0) is 21.2. The number of aryl methyl sites for hydroxylation is 1. The molecule has 31 heavy (non-hydrogen) atoms. The van der Waals surface area contributed by atoms with Gasteiger partial charge < -0.3 is 19.7 Å². The maximum atomic E-state index is 12.9. The Labute approximate surface area is 181 Å². The van der Waals surface area contributed by atoms with Crippen LogP contribution >= 0.6 is 0 Å². The van der Waals surface area contributed by atoms with Crippen LogP contribution in [0.15, 0.2) is 54.6 Å². The standard InChI is InChI=1S/C24H24N4O3/c1-16-4-6-17(7-5-16)20-9-11-23(27-26-20)28-12-2-3-18(14-28)24(29)25-19-8-10-21-22(13-19)31-15-30-21/h4-11,13,18H,2-3,12,14-15H2,1H3,(H,25,29). The Hall–Kier alpha value is -3.61. The number of fused-ring (bicyclic) bond motifs is 1. The van der Waals surface area contributed by atoms with E-state index in [2.05, 4.69) is 51.6 Å². The number of amides is 1. The zero-order valence-electron chi connectivity index (χ0n) is 17.4. The van der Waals surface area contributed by atoms with Crippen molar-refractivity contribution in [2.45, 2.75) is 19.8 Å². The van der Waals surface area contributed by atoms with Crippen LogP contribution in [0.1, 0.15) is 18.4 Å². The molecule has 158 valence electrons. The van der Waals surface area contributed by atoms with E-state index in [0.29, 0.717) is 23.7 Å². The monoisotopic (exact) mass is 416 g/mol. The summed E-state index contributed by atoms with van der Waals surface area (Å²) in [5.41, 5.74) is 3.82. The molecule has 3 heterocycles. The summed E-state index contributed by atoms with van der Waals surface area (Å²) in [5, 5.41) is 11.9. The zero-order valence-corrected chi connectivity index (χ0v) is 17.4. The molecule has 7 heteroatoms. The van der Waals surface area contributed by atoms with E-state index in [4.69, 9.17) is 9.47 Å². The fourth-order valence-corrected chi connectivity index (χ4v) is 3.99. The molecule has 0 spiro atoms. The number of nitrogens with one attached hydrogen (secondary N) is 1. The largest absolute Gasteiger partial charge is 0.454 e. The fraction of sp³-hybridized carbons (Fsp3) is 0.292. The van der Waals surface area contributed by atoms with Crippen LogP contribution < -0.4 is 19.7 Å². The number of nitrogens with zero attached hydrogens (tertiary/aromatic N) is 3. The van der Waals surface area contributed by atoms with Gasteiger partial charge in [0.05, 0.1) is 11.6 Å². The van der Waals surface area contributed by atoms with Crippen LogP contribution in [0.25, 0.3) is 11.3 Å². The van der Waals surface area contributed by atoms with E-state index >= 15 is 0 Å². The smallest absolute Gasteiger partial charge is 0.231 e. The molecule has 1 fully saturated rings. The highest BCUT2D eigenvalue weighted by Gasteiger charge is 2.27. The van der Waals surface area contributed by atoms with Crippen molar-refractivity contribution in [1.82, 2.24) is 10.2 Å². The fourth-order valence-electron chi connectivity index (χ4n) is 3.99. The minimum Gasteiger partial charge on any atom is -0.454 e. The number of carbonyl (C=O) groups excluding carboxylic acids is 1. The second-order valence-electron chi connectivity index (χ2n) is 7.99. The average Bonchev–Trinajstić information content (AvgIpc) is 3.28. The van der Waals surface area contributed by atoms with Crippen molar-refractivity contribution in [2.24, 2.45) is 5.92 Å². The lowest BCUT2D eigenvalue weighted by atomic mass is 9.97. The van der Waals surface area contributed by atoms with E-state index in [1.807, 2.05) is 24.3 Å². The third kappa shape index (κ3) is 4.17. The van der Waals surface area contributed by atoms with E-state index in [-0.39, 0.29) is 18.6 Å². The second kappa shape index (κ2) is 8.26. The molecule has 2 aliphatic heterocycles. The molecular formula is C24H24N4O3. The normalized spacial score (nSPS) is 17.5. The van der Waals surface area contributed by atoms with Crippen LogP contribution in [-0.4, -0.2) is 36.0 Å². The van der Waals surface area contributed by atoms with Gasteiger partial charge in [-0.2, -0.15) is 0 Å². The predicted molar refractivity (Wildman–Crippen MR) is 118 cm³/mol. The highest BCUT2D eigenvalue weighted by atomic mass is 16.7. The summed E-state index contributed by atoms with van der Waals surface area (Å²) in [6.07, 6.45) is 1.78. The maximum Gasteiger partial charge on any atom is 0.231 e. The number of carbonyl (C=O) groups is 1. The van der Waals surface area contributed by atoms with Crippen molar-refractivity contribution in [3.8, 4) is 22.8 Å². The summed E-state index contributed by atoms with van der Waals surface area (Å²) in [6.45, 7) is 3.77. The first-order valence-corrected chi connectivity index (χ1v) is 10.5. The van der Waals surface area contributed by atoms with Crippen molar-refractivity contribution < 1.29 is 14.3 Å². The predicted octanol–water partition coefficient (Wildman–Crippen LogP) is 4.04. The lowest BCUT2D eigenvalue weighted by Gasteiger charge is -2.32. The number of anilines is 2. The van der Waals surface area contributed by atoms with Crippen molar-refractivity contribution in [1.29, 1.82) is 0 Å². The Morgan fingerprint density at radius 1 is 1.03 bits per heavy atom. The lowest BCUT2D eigenvalue weighted by molar-refractivity contribution is -0.120. The molecule has 1 unspecified atom stereocenters. The Bertz CT molecular complexity index is 1080. The summed E-state index contributed by atoms with van der Waals surface area (Å²) >= 11 is 0. The summed E-state index contributed by atoms with van der Waals surface area (Å²) in [6, 6.07) is 17.7. The Kier molecular flexibility index (Phi) is 5.16. The number of aromatic nitrogens is 2. The van der Waals surface area contributed by atoms with Gasteiger partial charge in [0, 0.05) is 30.4 Å². The summed E-state index contributed by atoms with van der Waals surface area (Å²) in [5.74, 6) is 2.06. The molecule has 1 atom stereocenters. The maximum absolute atomic E-state index is 12.9. The van der Waals surface area contributed by atoms with Gasteiger partial charge in [0.15, 0.2) is 17.3 Å². The van der Waals surface area contributed by atoms with Gasteiger partial charge in [0.1, 0.15) is 0 Å². The summed E-state index contributed by atoms with van der Waals surface area (Å²) in [7, 11) is 0. The number of hydrogen-bond acceptors (Lipinski definition) is 6. The first-order valence-electron chi connectivity index (χ1n) is 10.5. The van der Waals surface area contributed by atoms with Gasteiger partial charge in [-0.15, -0.1) is 10.2 Å². The van der Waals surface area contributed by atoms with Gasteiger partial charge in [-0.05, 0) is 44.0 Å². The van der Waals surface area contributed by atoms with E-state index in [1.165, 1.54) is 5.56 Å². The van der Waals surface area contributed by atoms with Gasteiger partial charge in [-0.3, -0.25) is 4.79 Å². The van der Waals surface area contributed by atoms with Crippen molar-refractivity contribution in [3.05, 3.63) is 60.2 Å². The topological polar surface area (TPSA) is 76.6 Å². The molecule has 0 aliphatic carbocycles. The van der Waals surface area contributed by atoms with E-state index < -0.39 is 0 Å². The van der Waals surface area contributed by atoms with Gasteiger partial charge in [0.25, 0.3) is 0 Å². The van der Waals surface area contributed by atoms with Crippen LogP contribution in [0.4, 0.5) is 11.5 Å².